The number of carbonyl (C=O) groups excluding carboxylic acids is 2. The van der Waals surface area contributed by atoms with E-state index in [1.54, 1.807) is 42.6 Å². The number of amides is 2. The van der Waals surface area contributed by atoms with Crippen molar-refractivity contribution in [2.45, 2.75) is 25.0 Å². The van der Waals surface area contributed by atoms with E-state index in [0.717, 1.165) is 16.3 Å². The van der Waals surface area contributed by atoms with Crippen LogP contribution in [0.15, 0.2) is 68.2 Å². The molecule has 198 valence electrons. The van der Waals surface area contributed by atoms with Gasteiger partial charge in [-0.25, -0.2) is 19.4 Å². The summed E-state index contributed by atoms with van der Waals surface area (Å²) in [5, 5.41) is 8.21. The Hall–Kier alpha value is -4.52. The largest absolute Gasteiger partial charge is 0.481 e. The van der Waals surface area contributed by atoms with Gasteiger partial charge in [-0.05, 0) is 36.2 Å². The van der Waals surface area contributed by atoms with E-state index in [4.69, 9.17) is 9.47 Å². The number of fused-ring (bicyclic) bond motifs is 1. The minimum absolute atomic E-state index is 0.00809. The Morgan fingerprint density at radius 2 is 1.89 bits per heavy atom. The number of pyridine rings is 1. The summed E-state index contributed by atoms with van der Waals surface area (Å²) in [6.45, 7) is 2.31. The minimum Gasteiger partial charge on any atom is -0.481 e. The van der Waals surface area contributed by atoms with Gasteiger partial charge in [0, 0.05) is 37.7 Å². The van der Waals surface area contributed by atoms with Gasteiger partial charge in [0.2, 0.25) is 5.88 Å². The summed E-state index contributed by atoms with van der Waals surface area (Å²) in [6.07, 6.45) is 2.96. The van der Waals surface area contributed by atoms with Crippen LogP contribution in [0.5, 0.6) is 5.88 Å². The molecule has 0 saturated carbocycles. The van der Waals surface area contributed by atoms with Crippen molar-refractivity contribution in [2.75, 3.05) is 24.3 Å². The van der Waals surface area contributed by atoms with Gasteiger partial charge in [-0.15, -0.1) is 0 Å². The number of hydrogen-bond acceptors (Lipinski definition) is 9. The van der Waals surface area contributed by atoms with Gasteiger partial charge in [0.25, 0.3) is 5.56 Å². The topological polar surface area (TPSA) is 146 Å². The van der Waals surface area contributed by atoms with E-state index in [1.165, 1.54) is 24.9 Å². The Morgan fingerprint density at radius 1 is 1.13 bits per heavy atom. The fraction of sp³-hybridized carbons (Fsp3) is 0.240. The zero-order valence-corrected chi connectivity index (χ0v) is 21.8. The summed E-state index contributed by atoms with van der Waals surface area (Å²) >= 11 is 0.936. The van der Waals surface area contributed by atoms with Gasteiger partial charge in [-0.2, -0.15) is 0 Å². The molecule has 0 saturated heterocycles. The first kappa shape index (κ1) is 26.5. The Morgan fingerprint density at radius 3 is 2.61 bits per heavy atom. The fourth-order valence-corrected chi connectivity index (χ4v) is 4.56. The second-order valence-electron chi connectivity index (χ2n) is 8.13. The number of urea groups is 1. The first-order valence-corrected chi connectivity index (χ1v) is 12.4. The maximum absolute atomic E-state index is 13.3. The van der Waals surface area contributed by atoms with Crippen molar-refractivity contribution >= 4 is 35.3 Å². The van der Waals surface area contributed by atoms with E-state index in [2.05, 4.69) is 20.9 Å². The lowest BCUT2D eigenvalue weighted by Gasteiger charge is -2.20. The lowest BCUT2D eigenvalue weighted by molar-refractivity contribution is -0.139. The van der Waals surface area contributed by atoms with Crippen LogP contribution < -0.4 is 31.9 Å². The molecule has 0 atom stereocenters. The number of hydrogen-bond donors (Lipinski definition) is 3. The molecular formula is C25H26N6O6S. The predicted molar refractivity (Wildman–Crippen MR) is 142 cm³/mol. The molecule has 3 aromatic rings. The van der Waals surface area contributed by atoms with Gasteiger partial charge in [0.05, 0.1) is 13.7 Å². The van der Waals surface area contributed by atoms with Crippen LogP contribution in [0, 0.1) is 0 Å². The molecule has 3 N–H and O–H groups in total. The molecule has 1 aliphatic rings. The first-order chi connectivity index (χ1) is 18.3. The number of benzene rings is 1. The molecule has 1 aromatic carbocycles. The average Bonchev–Trinajstić information content (AvgIpc) is 2.93. The summed E-state index contributed by atoms with van der Waals surface area (Å²) in [6, 6.07) is 9.83. The number of rotatable bonds is 8. The van der Waals surface area contributed by atoms with Crippen LogP contribution in [-0.4, -0.2) is 39.8 Å². The van der Waals surface area contributed by atoms with Crippen molar-refractivity contribution < 1.29 is 19.1 Å². The zero-order valence-electron chi connectivity index (χ0n) is 20.9. The molecule has 0 radical (unpaired) electrons. The predicted octanol–water partition coefficient (Wildman–Crippen LogP) is 2.24. The number of nitrogens with one attached hydrogen (secondary N) is 3. The first-order valence-electron chi connectivity index (χ1n) is 11.6. The monoisotopic (exact) mass is 538 g/mol. The fourth-order valence-electron chi connectivity index (χ4n) is 3.59. The molecule has 0 aliphatic carbocycles. The second kappa shape index (κ2) is 11.7. The highest BCUT2D eigenvalue weighted by Gasteiger charge is 2.26. The van der Waals surface area contributed by atoms with Crippen molar-refractivity contribution in [3.8, 4) is 5.88 Å². The highest BCUT2D eigenvalue weighted by atomic mass is 32.2. The Labute approximate surface area is 221 Å². The Bertz CT molecular complexity index is 1510. The van der Waals surface area contributed by atoms with Crippen LogP contribution >= 0.6 is 11.8 Å². The number of anilines is 2. The van der Waals surface area contributed by atoms with Crippen LogP contribution in [0.2, 0.25) is 0 Å². The molecular weight excluding hydrogens is 512 g/mol. The standard InChI is InChI=1S/C25H26N6O6S/c1-4-26-24(34)29-17-7-5-15(6-8-17)13-31-22(32)20-21(30(2)25(31)35)28-12-18(38-20)23(33)37-14-16-9-10-27-19(11-16)36-3/h5-12,28H,4,13-14H2,1-3H3,(H2,26,29,34). The molecule has 3 heterocycles. The van der Waals surface area contributed by atoms with Crippen LogP contribution in [0.25, 0.3) is 0 Å². The SMILES string of the molecule is CCNC(=O)Nc1ccc(Cn2c(=O)c3c(n(C)c2=O)NC=C(C(=O)OCc2ccnc(OC)c2)S3)cc1. The van der Waals surface area contributed by atoms with Crippen molar-refractivity contribution in [1.29, 1.82) is 0 Å². The molecule has 0 unspecified atom stereocenters. The quantitative estimate of drug-likeness (QED) is 0.368. The van der Waals surface area contributed by atoms with Crippen molar-refractivity contribution in [3.05, 3.63) is 85.7 Å². The van der Waals surface area contributed by atoms with Gasteiger partial charge < -0.3 is 25.4 Å². The zero-order chi connectivity index (χ0) is 27.2. The van der Waals surface area contributed by atoms with E-state index in [0.29, 0.717) is 29.2 Å². The van der Waals surface area contributed by atoms with E-state index in [-0.39, 0.29) is 34.8 Å². The molecule has 0 fully saturated rings. The maximum atomic E-state index is 13.3. The Balaban J connectivity index is 1.50. The molecule has 38 heavy (non-hydrogen) atoms. The van der Waals surface area contributed by atoms with Crippen molar-refractivity contribution in [2.24, 2.45) is 7.05 Å². The third kappa shape index (κ3) is 5.89. The molecule has 4 rings (SSSR count). The van der Waals surface area contributed by atoms with Crippen molar-refractivity contribution in [1.82, 2.24) is 19.4 Å². The van der Waals surface area contributed by atoms with Crippen LogP contribution in [-0.2, 0) is 29.7 Å². The number of nitrogens with zero attached hydrogens (tertiary/aromatic N) is 3. The molecule has 0 spiro atoms. The van der Waals surface area contributed by atoms with Gasteiger partial charge in [-0.1, -0.05) is 23.9 Å². The molecule has 2 aromatic heterocycles. The highest BCUT2D eigenvalue weighted by Crippen LogP contribution is 2.34. The van der Waals surface area contributed by atoms with Crippen molar-refractivity contribution in [3.63, 3.8) is 0 Å². The average molecular weight is 539 g/mol. The van der Waals surface area contributed by atoms with Gasteiger partial charge in [0.1, 0.15) is 22.2 Å². The highest BCUT2D eigenvalue weighted by molar-refractivity contribution is 8.04. The van der Waals surface area contributed by atoms with Gasteiger partial charge in [0.15, 0.2) is 0 Å². The number of ether oxygens (including phenoxy) is 2. The third-order valence-corrected chi connectivity index (χ3v) is 6.61. The summed E-state index contributed by atoms with van der Waals surface area (Å²) in [5.41, 5.74) is 0.891. The molecule has 13 heteroatoms. The van der Waals surface area contributed by atoms with E-state index in [1.807, 2.05) is 6.92 Å². The maximum Gasteiger partial charge on any atom is 0.346 e. The lowest BCUT2D eigenvalue weighted by Crippen LogP contribution is -2.41. The Kier molecular flexibility index (Phi) is 8.16. The molecule has 12 nitrogen and oxygen atoms in total. The van der Waals surface area contributed by atoms with E-state index < -0.39 is 17.2 Å². The number of thioether (sulfide) groups is 1. The van der Waals surface area contributed by atoms with E-state index in [9.17, 15) is 19.2 Å². The minimum atomic E-state index is -0.626. The third-order valence-electron chi connectivity index (χ3n) is 5.53. The van der Waals surface area contributed by atoms with Gasteiger partial charge in [-0.3, -0.25) is 13.9 Å². The molecule has 0 bridgehead atoms. The molecule has 1 aliphatic heterocycles. The summed E-state index contributed by atoms with van der Waals surface area (Å²) < 4.78 is 12.9. The van der Waals surface area contributed by atoms with Crippen LogP contribution in [0.4, 0.5) is 16.3 Å². The summed E-state index contributed by atoms with van der Waals surface area (Å²) in [4.78, 5) is 55.1. The number of carbonyl (C=O) groups is 2. The van der Waals surface area contributed by atoms with Gasteiger partial charge >= 0.3 is 17.7 Å². The number of esters is 1. The van der Waals surface area contributed by atoms with Crippen LogP contribution in [0.3, 0.4) is 0 Å². The second-order valence-corrected chi connectivity index (χ2v) is 9.18. The van der Waals surface area contributed by atoms with E-state index >= 15 is 0 Å². The normalized spacial score (nSPS) is 12.0. The summed E-state index contributed by atoms with van der Waals surface area (Å²) in [5.74, 6) is 0.0619. The lowest BCUT2D eigenvalue weighted by atomic mass is 10.2. The van der Waals surface area contributed by atoms with Crippen LogP contribution in [0.1, 0.15) is 18.1 Å². The summed E-state index contributed by atoms with van der Waals surface area (Å²) in [7, 11) is 3.03. The smallest absolute Gasteiger partial charge is 0.346 e. The number of aromatic nitrogens is 3. The molecule has 2 amide bonds. The number of methoxy groups -OCH3 is 1.